The van der Waals surface area contributed by atoms with Crippen LogP contribution in [-0.2, 0) is 6.42 Å². The summed E-state index contributed by atoms with van der Waals surface area (Å²) in [7, 11) is 0. The fraction of sp³-hybridized carbons (Fsp3) is 0.214. The summed E-state index contributed by atoms with van der Waals surface area (Å²) in [4.78, 5) is 13.5. The number of aryl methyl sites for hydroxylation is 1. The van der Waals surface area contributed by atoms with Crippen LogP contribution < -0.4 is 11.3 Å². The molecule has 0 aliphatic carbocycles. The third-order valence-electron chi connectivity index (χ3n) is 3.28. The van der Waals surface area contributed by atoms with Crippen molar-refractivity contribution in [2.45, 2.75) is 20.3 Å². The molecule has 0 spiro atoms. The lowest BCUT2D eigenvalue weighted by Gasteiger charge is -2.10. The topological polar surface area (TPSA) is 76.7 Å². The van der Waals surface area contributed by atoms with Crippen LogP contribution in [-0.4, -0.2) is 15.0 Å². The molecule has 6 heteroatoms. The molecule has 3 heterocycles. The van der Waals surface area contributed by atoms with Crippen molar-refractivity contribution >= 4 is 27.4 Å². The van der Waals surface area contributed by atoms with Gasteiger partial charge >= 0.3 is 0 Å². The Hall–Kier alpha value is -2.05. The highest BCUT2D eigenvalue weighted by Crippen LogP contribution is 2.26. The van der Waals surface area contributed by atoms with E-state index in [1.807, 2.05) is 18.4 Å². The van der Waals surface area contributed by atoms with Crippen molar-refractivity contribution in [3.63, 3.8) is 0 Å². The number of nitrogens with two attached hydrogens (primary N) is 1. The first-order chi connectivity index (χ1) is 9.72. The number of nitrogens with zero attached hydrogens (tertiary/aromatic N) is 3. The van der Waals surface area contributed by atoms with E-state index >= 15 is 0 Å². The van der Waals surface area contributed by atoms with E-state index < -0.39 is 0 Å². The minimum absolute atomic E-state index is 0.656. The van der Waals surface area contributed by atoms with Crippen molar-refractivity contribution in [2.75, 3.05) is 5.43 Å². The number of nitrogens with one attached hydrogen (secondary N) is 1. The zero-order valence-corrected chi connectivity index (χ0v) is 12.2. The molecule has 20 heavy (non-hydrogen) atoms. The fourth-order valence-corrected chi connectivity index (χ4v) is 2.93. The smallest absolute Gasteiger partial charge is 0.163 e. The number of rotatable bonds is 3. The molecule has 0 radical (unpaired) electrons. The molecule has 0 saturated heterocycles. The predicted octanol–water partition coefficient (Wildman–Crippen LogP) is 2.91. The van der Waals surface area contributed by atoms with Gasteiger partial charge in [-0.1, -0.05) is 6.92 Å². The molecule has 0 aromatic carbocycles. The Morgan fingerprint density at radius 2 is 2.20 bits per heavy atom. The lowest BCUT2D eigenvalue weighted by Crippen LogP contribution is -2.13. The van der Waals surface area contributed by atoms with Gasteiger partial charge in [0, 0.05) is 23.0 Å². The SMILES string of the molecule is CCc1nc(-c2cnc3ccsc3c2)nc(NN)c1C. The molecular formula is C14H15N5S. The summed E-state index contributed by atoms with van der Waals surface area (Å²) in [6.07, 6.45) is 2.64. The highest BCUT2D eigenvalue weighted by Gasteiger charge is 2.11. The van der Waals surface area contributed by atoms with Gasteiger partial charge in [-0.05, 0) is 30.9 Å². The van der Waals surface area contributed by atoms with Gasteiger partial charge < -0.3 is 5.43 Å². The second-order valence-corrected chi connectivity index (χ2v) is 5.44. The van der Waals surface area contributed by atoms with Crippen LogP contribution in [0.1, 0.15) is 18.2 Å². The number of nitrogen functional groups attached to an aromatic ring is 1. The maximum Gasteiger partial charge on any atom is 0.163 e. The number of thiophene rings is 1. The third kappa shape index (κ3) is 2.13. The number of hydrogen-bond acceptors (Lipinski definition) is 6. The largest absolute Gasteiger partial charge is 0.308 e. The van der Waals surface area contributed by atoms with E-state index in [0.29, 0.717) is 11.6 Å². The summed E-state index contributed by atoms with van der Waals surface area (Å²) in [5.74, 6) is 6.86. The highest BCUT2D eigenvalue weighted by atomic mass is 32.1. The molecule has 3 rings (SSSR count). The monoisotopic (exact) mass is 285 g/mol. The Morgan fingerprint density at radius 1 is 1.35 bits per heavy atom. The van der Waals surface area contributed by atoms with E-state index in [2.05, 4.69) is 33.4 Å². The van der Waals surface area contributed by atoms with Gasteiger partial charge in [0.25, 0.3) is 0 Å². The number of pyridine rings is 1. The maximum absolute atomic E-state index is 5.54. The van der Waals surface area contributed by atoms with E-state index in [4.69, 9.17) is 5.84 Å². The van der Waals surface area contributed by atoms with Crippen molar-refractivity contribution in [1.29, 1.82) is 0 Å². The Morgan fingerprint density at radius 3 is 2.95 bits per heavy atom. The van der Waals surface area contributed by atoms with Gasteiger partial charge in [0.15, 0.2) is 5.82 Å². The van der Waals surface area contributed by atoms with Crippen molar-refractivity contribution in [3.8, 4) is 11.4 Å². The van der Waals surface area contributed by atoms with Crippen molar-refractivity contribution < 1.29 is 0 Å². The van der Waals surface area contributed by atoms with Crippen LogP contribution in [0, 0.1) is 6.92 Å². The van der Waals surface area contributed by atoms with E-state index in [0.717, 1.165) is 33.5 Å². The van der Waals surface area contributed by atoms with Gasteiger partial charge in [0.1, 0.15) is 5.82 Å². The molecule has 0 aliphatic rings. The van der Waals surface area contributed by atoms with Crippen molar-refractivity contribution in [1.82, 2.24) is 15.0 Å². The highest BCUT2D eigenvalue weighted by molar-refractivity contribution is 7.17. The molecule has 5 nitrogen and oxygen atoms in total. The molecule has 3 aromatic rings. The minimum Gasteiger partial charge on any atom is -0.308 e. The zero-order valence-electron chi connectivity index (χ0n) is 11.3. The zero-order chi connectivity index (χ0) is 14.1. The normalized spacial score (nSPS) is 10.9. The van der Waals surface area contributed by atoms with E-state index in [1.165, 1.54) is 0 Å². The third-order valence-corrected chi connectivity index (χ3v) is 4.13. The molecule has 0 aliphatic heterocycles. The first-order valence-electron chi connectivity index (χ1n) is 6.40. The lowest BCUT2D eigenvalue weighted by molar-refractivity contribution is 0.973. The molecule has 3 aromatic heterocycles. The van der Waals surface area contributed by atoms with Crippen LogP contribution in [0.5, 0.6) is 0 Å². The van der Waals surface area contributed by atoms with Gasteiger partial charge in [-0.25, -0.2) is 15.8 Å². The van der Waals surface area contributed by atoms with E-state index in [9.17, 15) is 0 Å². The number of fused-ring (bicyclic) bond motifs is 1. The standard InChI is InChI=1S/C14H15N5S/c1-3-10-8(2)13(19-15)18-14(17-10)9-6-12-11(16-7-9)4-5-20-12/h4-7H,3,15H2,1-2H3,(H,17,18,19). The summed E-state index contributed by atoms with van der Waals surface area (Å²) < 4.78 is 1.13. The van der Waals surface area contributed by atoms with Crippen LogP contribution in [0.2, 0.25) is 0 Å². The van der Waals surface area contributed by atoms with Gasteiger partial charge in [-0.15, -0.1) is 11.3 Å². The van der Waals surface area contributed by atoms with Crippen LogP contribution in [0.3, 0.4) is 0 Å². The van der Waals surface area contributed by atoms with Crippen LogP contribution in [0.4, 0.5) is 5.82 Å². The van der Waals surface area contributed by atoms with E-state index in [-0.39, 0.29) is 0 Å². The summed E-state index contributed by atoms with van der Waals surface area (Å²) in [5.41, 5.74) is 6.54. The van der Waals surface area contributed by atoms with Crippen molar-refractivity contribution in [3.05, 3.63) is 35.0 Å². The average molecular weight is 285 g/mol. The quantitative estimate of drug-likeness (QED) is 0.571. The van der Waals surface area contributed by atoms with Crippen molar-refractivity contribution in [2.24, 2.45) is 5.84 Å². The minimum atomic E-state index is 0.656. The summed E-state index contributed by atoms with van der Waals surface area (Å²) >= 11 is 1.66. The Kier molecular flexibility index (Phi) is 3.33. The Labute approximate surface area is 120 Å². The number of hydrogen-bond donors (Lipinski definition) is 2. The molecule has 0 unspecified atom stereocenters. The molecule has 0 amide bonds. The Balaban J connectivity index is 2.17. The molecule has 0 bridgehead atoms. The number of aromatic nitrogens is 3. The first kappa shape index (κ1) is 13.0. The molecule has 0 saturated carbocycles. The number of hydrazine groups is 1. The van der Waals surface area contributed by atoms with Gasteiger partial charge in [0.05, 0.1) is 10.2 Å². The van der Waals surface area contributed by atoms with E-state index in [1.54, 1.807) is 17.5 Å². The molecule has 0 fully saturated rings. The molecule has 0 atom stereocenters. The first-order valence-corrected chi connectivity index (χ1v) is 7.28. The second-order valence-electron chi connectivity index (χ2n) is 4.49. The van der Waals surface area contributed by atoms with Gasteiger partial charge in [-0.2, -0.15) is 0 Å². The summed E-state index contributed by atoms with van der Waals surface area (Å²) in [6.45, 7) is 4.04. The predicted molar refractivity (Wildman–Crippen MR) is 82.6 cm³/mol. The second kappa shape index (κ2) is 5.15. The molecule has 3 N–H and O–H groups in total. The van der Waals surface area contributed by atoms with Crippen LogP contribution >= 0.6 is 11.3 Å². The lowest BCUT2D eigenvalue weighted by atomic mass is 10.1. The summed E-state index contributed by atoms with van der Waals surface area (Å²) in [5, 5.41) is 2.03. The van der Waals surface area contributed by atoms with Gasteiger partial charge in [0.2, 0.25) is 0 Å². The average Bonchev–Trinajstić information content (AvgIpc) is 2.95. The van der Waals surface area contributed by atoms with Crippen LogP contribution in [0.15, 0.2) is 23.7 Å². The Bertz CT molecular complexity index is 740. The number of anilines is 1. The fourth-order valence-electron chi connectivity index (χ4n) is 2.15. The maximum atomic E-state index is 5.54. The van der Waals surface area contributed by atoms with Crippen LogP contribution in [0.25, 0.3) is 21.6 Å². The van der Waals surface area contributed by atoms with Gasteiger partial charge in [-0.3, -0.25) is 4.98 Å². The molecular weight excluding hydrogens is 270 g/mol. The summed E-state index contributed by atoms with van der Waals surface area (Å²) in [6, 6.07) is 4.07. The molecule has 102 valence electrons.